The number of carbonyl (C=O) groups is 1. The molecular formula is C12H13N3O3. The number of amides is 1. The zero-order valence-corrected chi connectivity index (χ0v) is 9.98. The number of carbonyl (C=O) groups excluding carboxylic acids is 1. The van der Waals surface area contributed by atoms with Crippen molar-refractivity contribution >= 4 is 11.7 Å². The standard InChI is InChI=1S/C12H13N3O3/c1-6-7(2)14-15-11(6)13-12(18)8-3-4-9(16)10(17)5-8/h3-5,16-17H,1-2H3,(H2,13,14,15,18). The van der Waals surface area contributed by atoms with Crippen LogP contribution in [0.2, 0.25) is 0 Å². The summed E-state index contributed by atoms with van der Waals surface area (Å²) in [6.45, 7) is 3.69. The Kier molecular flexibility index (Phi) is 2.93. The van der Waals surface area contributed by atoms with Crippen LogP contribution in [0, 0.1) is 13.8 Å². The third kappa shape index (κ3) is 2.13. The van der Waals surface area contributed by atoms with Crippen molar-refractivity contribution in [1.82, 2.24) is 10.2 Å². The minimum atomic E-state index is -0.403. The molecule has 18 heavy (non-hydrogen) atoms. The van der Waals surface area contributed by atoms with E-state index >= 15 is 0 Å². The first-order chi connectivity index (χ1) is 8.49. The molecule has 0 aliphatic rings. The van der Waals surface area contributed by atoms with Crippen molar-refractivity contribution in [1.29, 1.82) is 0 Å². The van der Waals surface area contributed by atoms with Crippen LogP contribution < -0.4 is 5.32 Å². The maximum atomic E-state index is 11.9. The van der Waals surface area contributed by atoms with Crippen LogP contribution in [0.3, 0.4) is 0 Å². The van der Waals surface area contributed by atoms with Crippen LogP contribution in [0.25, 0.3) is 0 Å². The predicted molar refractivity (Wildman–Crippen MR) is 65.8 cm³/mol. The number of anilines is 1. The summed E-state index contributed by atoms with van der Waals surface area (Å²) in [6.07, 6.45) is 0. The fourth-order valence-corrected chi connectivity index (χ4v) is 1.45. The number of phenols is 2. The van der Waals surface area contributed by atoms with Gasteiger partial charge in [-0.2, -0.15) is 5.10 Å². The zero-order valence-electron chi connectivity index (χ0n) is 9.98. The molecule has 0 unspecified atom stereocenters. The van der Waals surface area contributed by atoms with Gasteiger partial charge in [-0.1, -0.05) is 0 Å². The molecule has 6 nitrogen and oxygen atoms in total. The molecule has 1 heterocycles. The van der Waals surface area contributed by atoms with E-state index in [1.165, 1.54) is 18.2 Å². The van der Waals surface area contributed by atoms with Gasteiger partial charge in [0, 0.05) is 16.8 Å². The number of phenolic OH excluding ortho intramolecular Hbond substituents is 2. The first-order valence-corrected chi connectivity index (χ1v) is 5.34. The molecule has 1 aromatic heterocycles. The summed E-state index contributed by atoms with van der Waals surface area (Å²) in [7, 11) is 0. The van der Waals surface area contributed by atoms with Gasteiger partial charge >= 0.3 is 0 Å². The highest BCUT2D eigenvalue weighted by Crippen LogP contribution is 2.25. The summed E-state index contributed by atoms with van der Waals surface area (Å²) >= 11 is 0. The number of aromatic hydroxyl groups is 2. The number of nitrogens with zero attached hydrogens (tertiary/aromatic N) is 1. The van der Waals surface area contributed by atoms with E-state index in [4.69, 9.17) is 5.11 Å². The number of hydrogen-bond acceptors (Lipinski definition) is 4. The van der Waals surface area contributed by atoms with E-state index in [1.807, 2.05) is 13.8 Å². The fraction of sp³-hybridized carbons (Fsp3) is 0.167. The third-order valence-corrected chi connectivity index (χ3v) is 2.72. The molecule has 6 heteroatoms. The lowest BCUT2D eigenvalue weighted by atomic mass is 10.2. The largest absolute Gasteiger partial charge is 0.504 e. The monoisotopic (exact) mass is 247 g/mol. The van der Waals surface area contributed by atoms with E-state index in [0.29, 0.717) is 5.82 Å². The summed E-state index contributed by atoms with van der Waals surface area (Å²) in [5.74, 6) is -0.555. The van der Waals surface area contributed by atoms with Gasteiger partial charge in [0.25, 0.3) is 5.91 Å². The second kappa shape index (κ2) is 4.40. The lowest BCUT2D eigenvalue weighted by molar-refractivity contribution is 0.102. The summed E-state index contributed by atoms with van der Waals surface area (Å²) in [5.41, 5.74) is 1.97. The molecular weight excluding hydrogens is 234 g/mol. The molecule has 0 fully saturated rings. The number of hydrogen-bond donors (Lipinski definition) is 4. The smallest absolute Gasteiger partial charge is 0.257 e. The Bertz CT molecular complexity index is 605. The molecule has 0 aliphatic heterocycles. The van der Waals surface area contributed by atoms with Crippen LogP contribution in [0.5, 0.6) is 11.5 Å². The molecule has 0 saturated carbocycles. The van der Waals surface area contributed by atoms with Crippen LogP contribution in [-0.2, 0) is 0 Å². The summed E-state index contributed by atoms with van der Waals surface area (Å²) in [6, 6.07) is 3.87. The molecule has 94 valence electrons. The highest BCUT2D eigenvalue weighted by molar-refractivity contribution is 6.04. The molecule has 0 aliphatic carbocycles. The third-order valence-electron chi connectivity index (χ3n) is 2.72. The first-order valence-electron chi connectivity index (χ1n) is 5.34. The van der Waals surface area contributed by atoms with Gasteiger partial charge in [-0.05, 0) is 32.0 Å². The number of nitrogens with one attached hydrogen (secondary N) is 2. The summed E-state index contributed by atoms with van der Waals surface area (Å²) in [5, 5.41) is 27.8. The van der Waals surface area contributed by atoms with Crippen molar-refractivity contribution in [2.45, 2.75) is 13.8 Å². The zero-order chi connectivity index (χ0) is 13.3. The molecule has 2 rings (SSSR count). The molecule has 4 N–H and O–H groups in total. The molecule has 0 saturated heterocycles. The fourth-order valence-electron chi connectivity index (χ4n) is 1.45. The van der Waals surface area contributed by atoms with Gasteiger partial charge in [0.2, 0.25) is 0 Å². The van der Waals surface area contributed by atoms with Crippen molar-refractivity contribution in [2.75, 3.05) is 5.32 Å². The Morgan fingerprint density at radius 2 is 2.00 bits per heavy atom. The average Bonchev–Trinajstić information content (AvgIpc) is 2.64. The van der Waals surface area contributed by atoms with Gasteiger partial charge in [0.1, 0.15) is 0 Å². The Balaban J connectivity index is 2.22. The van der Waals surface area contributed by atoms with E-state index in [0.717, 1.165) is 11.3 Å². The van der Waals surface area contributed by atoms with Gasteiger partial charge in [-0.3, -0.25) is 9.89 Å². The van der Waals surface area contributed by atoms with Crippen LogP contribution in [0.15, 0.2) is 18.2 Å². The molecule has 0 spiro atoms. The van der Waals surface area contributed by atoms with E-state index in [1.54, 1.807) is 0 Å². The second-order valence-corrected chi connectivity index (χ2v) is 3.98. The van der Waals surface area contributed by atoms with E-state index < -0.39 is 5.91 Å². The van der Waals surface area contributed by atoms with Crippen LogP contribution in [0.4, 0.5) is 5.82 Å². The SMILES string of the molecule is Cc1[nH]nc(NC(=O)c2ccc(O)c(O)c2)c1C. The lowest BCUT2D eigenvalue weighted by Gasteiger charge is -2.04. The Labute approximate surface area is 103 Å². The number of rotatable bonds is 2. The predicted octanol–water partition coefficient (Wildman–Crippen LogP) is 1.69. The van der Waals surface area contributed by atoms with E-state index in [9.17, 15) is 9.90 Å². The Morgan fingerprint density at radius 3 is 2.56 bits per heavy atom. The van der Waals surface area contributed by atoms with Gasteiger partial charge in [0.05, 0.1) is 0 Å². The van der Waals surface area contributed by atoms with E-state index in [-0.39, 0.29) is 17.1 Å². The Morgan fingerprint density at radius 1 is 1.28 bits per heavy atom. The quantitative estimate of drug-likeness (QED) is 0.607. The number of aromatic amines is 1. The van der Waals surface area contributed by atoms with Gasteiger partial charge in [0.15, 0.2) is 17.3 Å². The molecule has 2 aromatic rings. The highest BCUT2D eigenvalue weighted by Gasteiger charge is 2.12. The molecule has 0 bridgehead atoms. The number of H-pyrrole nitrogens is 1. The van der Waals surface area contributed by atoms with Crippen molar-refractivity contribution in [3.05, 3.63) is 35.0 Å². The van der Waals surface area contributed by atoms with Crippen LogP contribution in [0.1, 0.15) is 21.6 Å². The van der Waals surface area contributed by atoms with Gasteiger partial charge < -0.3 is 15.5 Å². The first kappa shape index (κ1) is 12.0. The van der Waals surface area contributed by atoms with Crippen LogP contribution in [-0.4, -0.2) is 26.3 Å². The number of aryl methyl sites for hydroxylation is 1. The van der Waals surface area contributed by atoms with E-state index in [2.05, 4.69) is 15.5 Å². The molecule has 0 radical (unpaired) electrons. The van der Waals surface area contributed by atoms with Gasteiger partial charge in [-0.15, -0.1) is 0 Å². The maximum absolute atomic E-state index is 11.9. The van der Waals surface area contributed by atoms with Gasteiger partial charge in [-0.25, -0.2) is 0 Å². The van der Waals surface area contributed by atoms with Crippen molar-refractivity contribution in [3.63, 3.8) is 0 Å². The second-order valence-electron chi connectivity index (χ2n) is 3.98. The number of aromatic nitrogens is 2. The minimum absolute atomic E-state index is 0.241. The molecule has 0 atom stereocenters. The van der Waals surface area contributed by atoms with Crippen molar-refractivity contribution < 1.29 is 15.0 Å². The summed E-state index contributed by atoms with van der Waals surface area (Å²) in [4.78, 5) is 11.9. The number of benzene rings is 1. The normalized spacial score (nSPS) is 10.3. The van der Waals surface area contributed by atoms with Crippen molar-refractivity contribution in [2.24, 2.45) is 0 Å². The summed E-state index contributed by atoms with van der Waals surface area (Å²) < 4.78 is 0. The van der Waals surface area contributed by atoms with Crippen molar-refractivity contribution in [3.8, 4) is 11.5 Å². The average molecular weight is 247 g/mol. The highest BCUT2D eigenvalue weighted by atomic mass is 16.3. The van der Waals surface area contributed by atoms with Crippen LogP contribution >= 0.6 is 0 Å². The molecule has 1 amide bonds. The maximum Gasteiger partial charge on any atom is 0.257 e. The lowest BCUT2D eigenvalue weighted by Crippen LogP contribution is -2.12. The Hall–Kier alpha value is -2.50. The minimum Gasteiger partial charge on any atom is -0.504 e. The topological polar surface area (TPSA) is 98.2 Å². The molecule has 1 aromatic carbocycles.